The van der Waals surface area contributed by atoms with E-state index in [-0.39, 0.29) is 12.1 Å². The monoisotopic (exact) mass is 412 g/mol. The van der Waals surface area contributed by atoms with Gasteiger partial charge < -0.3 is 25.2 Å². The molecule has 1 aliphatic carbocycles. The first-order valence-corrected chi connectivity index (χ1v) is 11.3. The largest absolute Gasteiger partial charge is 0.386 e. The van der Waals surface area contributed by atoms with Crippen LogP contribution in [0.4, 0.5) is 4.79 Å². The SMILES string of the molecule is CCN(CC)C(=O)N[C@H]1C[C@@H]2c3cc(C(C)(C)O)cc4[nH]c(C)c(c34)C[C@H]2N(C)C1. The van der Waals surface area contributed by atoms with Gasteiger partial charge in [-0.05, 0) is 77.3 Å². The van der Waals surface area contributed by atoms with Crippen LogP contribution in [0.1, 0.15) is 62.4 Å². The van der Waals surface area contributed by atoms with Crippen LogP contribution in [-0.4, -0.2) is 64.7 Å². The number of amides is 2. The minimum Gasteiger partial charge on any atom is -0.386 e. The number of fused-ring (bicyclic) bond motifs is 2. The van der Waals surface area contributed by atoms with Gasteiger partial charge in [0, 0.05) is 54.2 Å². The second-order valence-corrected chi connectivity index (χ2v) is 9.65. The summed E-state index contributed by atoms with van der Waals surface area (Å²) in [5.41, 5.74) is 5.11. The van der Waals surface area contributed by atoms with Crippen LogP contribution in [0.5, 0.6) is 0 Å². The van der Waals surface area contributed by atoms with Gasteiger partial charge >= 0.3 is 6.03 Å². The summed E-state index contributed by atoms with van der Waals surface area (Å²) in [6, 6.07) is 4.86. The number of carbonyl (C=O) groups excluding carboxylic acids is 1. The summed E-state index contributed by atoms with van der Waals surface area (Å²) < 4.78 is 0. The zero-order chi connectivity index (χ0) is 21.8. The fourth-order valence-electron chi connectivity index (χ4n) is 5.52. The third-order valence-corrected chi connectivity index (χ3v) is 7.22. The van der Waals surface area contributed by atoms with Crippen molar-refractivity contribution in [2.24, 2.45) is 0 Å². The van der Waals surface area contributed by atoms with E-state index in [0.29, 0.717) is 12.0 Å². The van der Waals surface area contributed by atoms with Crippen molar-refractivity contribution in [3.63, 3.8) is 0 Å². The maximum atomic E-state index is 12.7. The van der Waals surface area contributed by atoms with Crippen molar-refractivity contribution in [3.8, 4) is 0 Å². The first-order valence-electron chi connectivity index (χ1n) is 11.3. The molecule has 30 heavy (non-hydrogen) atoms. The number of hydrogen-bond donors (Lipinski definition) is 3. The Morgan fingerprint density at radius 2 is 2.03 bits per heavy atom. The van der Waals surface area contributed by atoms with E-state index in [1.165, 1.54) is 22.2 Å². The topological polar surface area (TPSA) is 71.6 Å². The number of nitrogens with one attached hydrogen (secondary N) is 2. The highest BCUT2D eigenvalue weighted by molar-refractivity contribution is 5.90. The summed E-state index contributed by atoms with van der Waals surface area (Å²) in [7, 11) is 2.18. The predicted molar refractivity (Wildman–Crippen MR) is 121 cm³/mol. The zero-order valence-electron chi connectivity index (χ0n) is 19.2. The molecular weight excluding hydrogens is 376 g/mol. The van der Waals surface area contributed by atoms with E-state index in [1.54, 1.807) is 0 Å². The number of aliphatic hydroxyl groups is 1. The summed E-state index contributed by atoms with van der Waals surface area (Å²) in [6.07, 6.45) is 1.95. The molecule has 1 fully saturated rings. The van der Waals surface area contributed by atoms with Crippen molar-refractivity contribution in [2.45, 2.75) is 71.1 Å². The molecule has 0 spiro atoms. The van der Waals surface area contributed by atoms with E-state index in [9.17, 15) is 9.90 Å². The van der Waals surface area contributed by atoms with Gasteiger partial charge in [-0.1, -0.05) is 6.07 Å². The number of aromatic nitrogens is 1. The molecule has 3 N–H and O–H groups in total. The van der Waals surface area contributed by atoms with Gasteiger partial charge in [-0.3, -0.25) is 0 Å². The van der Waals surface area contributed by atoms with Gasteiger partial charge in [-0.15, -0.1) is 0 Å². The fraction of sp³-hybridized carbons (Fsp3) is 0.625. The molecule has 0 radical (unpaired) electrons. The van der Waals surface area contributed by atoms with E-state index >= 15 is 0 Å². The number of carbonyl (C=O) groups is 1. The average Bonchev–Trinajstić information content (AvgIpc) is 2.99. The van der Waals surface area contributed by atoms with E-state index in [2.05, 4.69) is 41.3 Å². The predicted octanol–water partition coefficient (Wildman–Crippen LogP) is 3.47. The Hall–Kier alpha value is -2.05. The van der Waals surface area contributed by atoms with Crippen molar-refractivity contribution < 1.29 is 9.90 Å². The minimum atomic E-state index is -0.895. The summed E-state index contributed by atoms with van der Waals surface area (Å²) in [4.78, 5) is 20.5. The van der Waals surface area contributed by atoms with E-state index in [4.69, 9.17) is 0 Å². The Labute approximate surface area is 179 Å². The van der Waals surface area contributed by atoms with E-state index < -0.39 is 5.60 Å². The number of likely N-dealkylation sites (N-methyl/N-ethyl adjacent to an activating group) is 1. The maximum Gasteiger partial charge on any atom is 0.317 e. The first kappa shape index (κ1) is 21.2. The Kier molecular flexibility index (Phi) is 5.35. The second-order valence-electron chi connectivity index (χ2n) is 9.65. The van der Waals surface area contributed by atoms with Crippen molar-refractivity contribution in [3.05, 3.63) is 34.5 Å². The van der Waals surface area contributed by atoms with Gasteiger partial charge in [0.25, 0.3) is 0 Å². The minimum absolute atomic E-state index is 0.0289. The smallest absolute Gasteiger partial charge is 0.317 e. The van der Waals surface area contributed by atoms with Crippen LogP contribution < -0.4 is 5.32 Å². The maximum absolute atomic E-state index is 12.7. The molecular formula is C24H36N4O2. The highest BCUT2D eigenvalue weighted by atomic mass is 16.3. The lowest BCUT2D eigenvalue weighted by atomic mass is 9.72. The quantitative estimate of drug-likeness (QED) is 0.720. The first-order chi connectivity index (χ1) is 14.1. The molecule has 1 aliphatic heterocycles. The molecule has 3 atom stereocenters. The number of H-pyrrole nitrogens is 1. The molecule has 0 bridgehead atoms. The molecule has 2 amide bonds. The molecule has 0 unspecified atom stereocenters. The van der Waals surface area contributed by atoms with E-state index in [0.717, 1.165) is 43.6 Å². The standard InChI is InChI=1S/C24H36N4O2/c1-7-28(8-2)23(29)26-16-11-18-19-9-15(24(4,5)30)10-20-22(19)17(14(3)25-20)12-21(18)27(6)13-16/h9-10,16,18,21,25,30H,7-8,11-13H2,1-6H3,(H,26,29)/t16-,18+,21+/m0/s1. The lowest BCUT2D eigenvalue weighted by Crippen LogP contribution is -2.56. The summed E-state index contributed by atoms with van der Waals surface area (Å²) in [5.74, 6) is 0.332. The lowest BCUT2D eigenvalue weighted by Gasteiger charge is -2.46. The Morgan fingerprint density at radius 3 is 2.67 bits per heavy atom. The number of aromatic amines is 1. The van der Waals surface area contributed by atoms with E-state index in [1.807, 2.05) is 32.6 Å². The van der Waals surface area contributed by atoms with Gasteiger partial charge in [0.2, 0.25) is 0 Å². The molecule has 6 nitrogen and oxygen atoms in total. The van der Waals surface area contributed by atoms with Crippen molar-refractivity contribution in [1.29, 1.82) is 0 Å². The molecule has 6 heteroatoms. The van der Waals surface area contributed by atoms with Crippen LogP contribution in [0.15, 0.2) is 12.1 Å². The van der Waals surface area contributed by atoms with Crippen LogP contribution in [0.3, 0.4) is 0 Å². The molecule has 2 aromatic rings. The number of hydrogen-bond acceptors (Lipinski definition) is 3. The average molecular weight is 413 g/mol. The molecule has 1 saturated heterocycles. The number of urea groups is 1. The Morgan fingerprint density at radius 1 is 1.33 bits per heavy atom. The number of benzene rings is 1. The van der Waals surface area contributed by atoms with Crippen LogP contribution in [-0.2, 0) is 12.0 Å². The molecule has 1 aromatic carbocycles. The Balaban J connectivity index is 1.72. The number of likely N-dealkylation sites (tertiary alicyclic amines) is 1. The fourth-order valence-corrected chi connectivity index (χ4v) is 5.52. The molecule has 2 heterocycles. The number of piperidine rings is 1. The lowest BCUT2D eigenvalue weighted by molar-refractivity contribution is 0.0783. The molecule has 2 aliphatic rings. The summed E-state index contributed by atoms with van der Waals surface area (Å²) >= 11 is 0. The number of rotatable bonds is 4. The van der Waals surface area contributed by atoms with Crippen molar-refractivity contribution in [2.75, 3.05) is 26.7 Å². The number of nitrogens with zero attached hydrogens (tertiary/aromatic N) is 2. The van der Waals surface area contributed by atoms with Crippen molar-refractivity contribution >= 4 is 16.9 Å². The molecule has 4 rings (SSSR count). The molecule has 164 valence electrons. The highest BCUT2D eigenvalue weighted by Gasteiger charge is 2.41. The van der Waals surface area contributed by atoms with Crippen molar-refractivity contribution in [1.82, 2.24) is 20.1 Å². The van der Waals surface area contributed by atoms with Gasteiger partial charge in [-0.2, -0.15) is 0 Å². The van der Waals surface area contributed by atoms with Gasteiger partial charge in [-0.25, -0.2) is 4.79 Å². The third-order valence-electron chi connectivity index (χ3n) is 7.22. The molecule has 1 aromatic heterocycles. The summed E-state index contributed by atoms with van der Waals surface area (Å²) in [5, 5.41) is 15.3. The van der Waals surface area contributed by atoms with Crippen LogP contribution in [0, 0.1) is 6.92 Å². The zero-order valence-corrected chi connectivity index (χ0v) is 19.2. The third kappa shape index (κ3) is 3.50. The van der Waals surface area contributed by atoms with Crippen LogP contribution in [0.2, 0.25) is 0 Å². The normalized spacial score (nSPS) is 24.0. The van der Waals surface area contributed by atoms with Crippen LogP contribution >= 0.6 is 0 Å². The molecule has 0 saturated carbocycles. The highest BCUT2D eigenvalue weighted by Crippen LogP contribution is 2.45. The van der Waals surface area contributed by atoms with Gasteiger partial charge in [0.1, 0.15) is 0 Å². The summed E-state index contributed by atoms with van der Waals surface area (Å²) in [6.45, 7) is 12.2. The van der Waals surface area contributed by atoms with Crippen LogP contribution in [0.25, 0.3) is 10.9 Å². The number of aryl methyl sites for hydroxylation is 1. The van der Waals surface area contributed by atoms with Gasteiger partial charge in [0.15, 0.2) is 0 Å². The second kappa shape index (κ2) is 7.57. The van der Waals surface area contributed by atoms with Gasteiger partial charge in [0.05, 0.1) is 5.60 Å². The Bertz CT molecular complexity index is 954.